The van der Waals surface area contributed by atoms with Gasteiger partial charge in [0.15, 0.2) is 0 Å². The summed E-state index contributed by atoms with van der Waals surface area (Å²) >= 11 is 0. The largest absolute Gasteiger partial charge is 0.396 e. The second-order valence-corrected chi connectivity index (χ2v) is 3.39. The van der Waals surface area contributed by atoms with E-state index in [-0.39, 0.29) is 12.6 Å². The van der Waals surface area contributed by atoms with Crippen LogP contribution in [0.15, 0.2) is 6.07 Å². The van der Waals surface area contributed by atoms with E-state index in [0.29, 0.717) is 23.9 Å². The predicted octanol–water partition coefficient (Wildman–Crippen LogP) is 0.253. The predicted molar refractivity (Wildman–Crippen MR) is 59.4 cm³/mol. The van der Waals surface area contributed by atoms with Gasteiger partial charge in [0.1, 0.15) is 17.5 Å². The molecule has 0 fully saturated rings. The quantitative estimate of drug-likeness (QED) is 0.412. The van der Waals surface area contributed by atoms with Crippen LogP contribution in [0.2, 0.25) is 0 Å². The number of nitrogen functional groups attached to an aromatic ring is 1. The molecule has 15 heavy (non-hydrogen) atoms. The van der Waals surface area contributed by atoms with Crippen molar-refractivity contribution in [3.05, 3.63) is 11.9 Å². The molecule has 0 amide bonds. The number of anilines is 2. The minimum Gasteiger partial charge on any atom is -0.396 e. The van der Waals surface area contributed by atoms with Gasteiger partial charge in [-0.3, -0.25) is 0 Å². The molecule has 1 heterocycles. The number of nitrogens with zero attached hydrogens (tertiary/aromatic N) is 2. The molecule has 0 saturated carbocycles. The van der Waals surface area contributed by atoms with Crippen molar-refractivity contribution >= 4 is 11.6 Å². The fourth-order valence-electron chi connectivity index (χ4n) is 1.23. The highest BCUT2D eigenvalue weighted by molar-refractivity contribution is 5.47. The molecule has 1 atom stereocenters. The molecule has 1 unspecified atom stereocenters. The second-order valence-electron chi connectivity index (χ2n) is 3.39. The van der Waals surface area contributed by atoms with Crippen LogP contribution in [0.5, 0.6) is 0 Å². The number of aliphatic hydroxyl groups excluding tert-OH is 1. The van der Waals surface area contributed by atoms with Gasteiger partial charge in [-0.2, -0.15) is 0 Å². The van der Waals surface area contributed by atoms with E-state index in [9.17, 15) is 0 Å². The summed E-state index contributed by atoms with van der Waals surface area (Å²) in [6.07, 6.45) is 0.675. The highest BCUT2D eigenvalue weighted by Crippen LogP contribution is 2.11. The molecule has 0 bridgehead atoms. The number of aliphatic hydroxyl groups is 1. The normalized spacial score (nSPS) is 12.3. The molecule has 84 valence electrons. The zero-order valence-electron chi connectivity index (χ0n) is 8.99. The molecule has 6 heteroatoms. The summed E-state index contributed by atoms with van der Waals surface area (Å²) in [5.41, 5.74) is 2.47. The van der Waals surface area contributed by atoms with Crippen molar-refractivity contribution in [1.29, 1.82) is 0 Å². The van der Waals surface area contributed by atoms with Gasteiger partial charge in [0.05, 0.1) is 0 Å². The van der Waals surface area contributed by atoms with Gasteiger partial charge < -0.3 is 15.8 Å². The van der Waals surface area contributed by atoms with Crippen LogP contribution < -0.4 is 16.6 Å². The average Bonchev–Trinajstić information content (AvgIpc) is 2.17. The minimum atomic E-state index is 0.153. The smallest absolute Gasteiger partial charge is 0.145 e. The highest BCUT2D eigenvalue weighted by Gasteiger charge is 2.04. The van der Waals surface area contributed by atoms with Crippen LogP contribution in [-0.2, 0) is 0 Å². The van der Waals surface area contributed by atoms with Gasteiger partial charge >= 0.3 is 0 Å². The van der Waals surface area contributed by atoms with Gasteiger partial charge in [-0.25, -0.2) is 15.8 Å². The summed E-state index contributed by atoms with van der Waals surface area (Å²) in [7, 11) is 0. The first-order valence-corrected chi connectivity index (χ1v) is 4.85. The Hall–Kier alpha value is -1.40. The van der Waals surface area contributed by atoms with Crippen LogP contribution in [0, 0.1) is 6.92 Å². The van der Waals surface area contributed by atoms with E-state index in [4.69, 9.17) is 10.9 Å². The van der Waals surface area contributed by atoms with E-state index >= 15 is 0 Å². The van der Waals surface area contributed by atoms with Gasteiger partial charge in [-0.15, -0.1) is 0 Å². The molecule has 6 nitrogen and oxygen atoms in total. The maximum Gasteiger partial charge on any atom is 0.145 e. The monoisotopic (exact) mass is 211 g/mol. The molecule has 1 aromatic rings. The van der Waals surface area contributed by atoms with Gasteiger partial charge in [0.2, 0.25) is 0 Å². The first-order valence-electron chi connectivity index (χ1n) is 4.85. The number of hydrogen-bond donors (Lipinski definition) is 4. The number of nitrogens with two attached hydrogens (primary N) is 1. The molecule has 0 aliphatic heterocycles. The van der Waals surface area contributed by atoms with Crippen LogP contribution in [0.3, 0.4) is 0 Å². The molecule has 0 saturated heterocycles. The number of rotatable bonds is 5. The Kier molecular flexibility index (Phi) is 4.26. The van der Waals surface area contributed by atoms with E-state index in [0.717, 1.165) is 0 Å². The van der Waals surface area contributed by atoms with Crippen LogP contribution >= 0.6 is 0 Å². The van der Waals surface area contributed by atoms with E-state index in [1.54, 1.807) is 13.0 Å². The molecule has 1 aromatic heterocycles. The van der Waals surface area contributed by atoms with Crippen molar-refractivity contribution in [1.82, 2.24) is 9.97 Å². The van der Waals surface area contributed by atoms with Crippen LogP contribution in [0.4, 0.5) is 11.6 Å². The summed E-state index contributed by atoms with van der Waals surface area (Å²) in [5.74, 6) is 7.19. The maximum absolute atomic E-state index is 8.76. The maximum atomic E-state index is 8.76. The lowest BCUT2D eigenvalue weighted by molar-refractivity contribution is 0.282. The number of aryl methyl sites for hydroxylation is 1. The average molecular weight is 211 g/mol. The van der Waals surface area contributed by atoms with Gasteiger partial charge in [-0.1, -0.05) is 0 Å². The topological polar surface area (TPSA) is 96.1 Å². The third-order valence-electron chi connectivity index (χ3n) is 1.94. The molecular formula is C9H17N5O. The Labute approximate surface area is 88.9 Å². The van der Waals surface area contributed by atoms with E-state index in [1.807, 2.05) is 6.92 Å². The van der Waals surface area contributed by atoms with Crippen LogP contribution in [-0.4, -0.2) is 27.7 Å². The molecule has 5 N–H and O–H groups in total. The van der Waals surface area contributed by atoms with Crippen molar-refractivity contribution < 1.29 is 5.11 Å². The third kappa shape index (κ3) is 3.69. The molecule has 0 spiro atoms. The molecule has 0 radical (unpaired) electrons. The first kappa shape index (κ1) is 11.7. The lowest BCUT2D eigenvalue weighted by Crippen LogP contribution is -2.18. The van der Waals surface area contributed by atoms with Crippen molar-refractivity contribution in [2.24, 2.45) is 5.84 Å². The van der Waals surface area contributed by atoms with Crippen molar-refractivity contribution in [3.8, 4) is 0 Å². The van der Waals surface area contributed by atoms with E-state index in [2.05, 4.69) is 20.7 Å². The first-order chi connectivity index (χ1) is 7.15. The number of hydrogen-bond acceptors (Lipinski definition) is 6. The third-order valence-corrected chi connectivity index (χ3v) is 1.94. The standard InChI is InChI=1S/C9H17N5O/c1-6(3-4-15)11-8-5-9(14-10)13-7(2)12-8/h5-6,15H,3-4,10H2,1-2H3,(H2,11,12,13,14). The summed E-state index contributed by atoms with van der Waals surface area (Å²) in [5, 5.41) is 11.9. The van der Waals surface area contributed by atoms with Gasteiger partial charge in [0, 0.05) is 18.7 Å². The number of nitrogens with one attached hydrogen (secondary N) is 2. The van der Waals surface area contributed by atoms with Crippen molar-refractivity contribution in [3.63, 3.8) is 0 Å². The fourth-order valence-corrected chi connectivity index (χ4v) is 1.23. The zero-order valence-corrected chi connectivity index (χ0v) is 8.99. The molecule has 0 aromatic carbocycles. The molecule has 0 aliphatic rings. The Balaban J connectivity index is 2.71. The second kappa shape index (κ2) is 5.47. The van der Waals surface area contributed by atoms with Crippen LogP contribution in [0.1, 0.15) is 19.2 Å². The lowest BCUT2D eigenvalue weighted by Gasteiger charge is -2.13. The number of hydrazine groups is 1. The van der Waals surface area contributed by atoms with Gasteiger partial charge in [-0.05, 0) is 20.3 Å². The Bertz CT molecular complexity index is 317. The summed E-state index contributed by atoms with van der Waals surface area (Å²) in [6.45, 7) is 3.92. The number of aromatic nitrogens is 2. The Morgan fingerprint density at radius 2 is 2.13 bits per heavy atom. The van der Waals surface area contributed by atoms with E-state index < -0.39 is 0 Å². The van der Waals surface area contributed by atoms with E-state index in [1.165, 1.54) is 0 Å². The minimum absolute atomic E-state index is 0.153. The lowest BCUT2D eigenvalue weighted by atomic mass is 10.2. The Morgan fingerprint density at radius 3 is 2.73 bits per heavy atom. The Morgan fingerprint density at radius 1 is 1.47 bits per heavy atom. The summed E-state index contributed by atoms with van der Waals surface area (Å²) in [6, 6.07) is 1.89. The molecule has 1 rings (SSSR count). The fraction of sp³-hybridized carbons (Fsp3) is 0.556. The summed E-state index contributed by atoms with van der Waals surface area (Å²) in [4.78, 5) is 8.27. The molecular weight excluding hydrogens is 194 g/mol. The van der Waals surface area contributed by atoms with Crippen LogP contribution in [0.25, 0.3) is 0 Å². The SMILES string of the molecule is Cc1nc(NN)cc(NC(C)CCO)n1. The zero-order chi connectivity index (χ0) is 11.3. The molecule has 0 aliphatic carbocycles. The van der Waals surface area contributed by atoms with Crippen molar-refractivity contribution in [2.45, 2.75) is 26.3 Å². The van der Waals surface area contributed by atoms with Gasteiger partial charge in [0.25, 0.3) is 0 Å². The summed E-state index contributed by atoms with van der Waals surface area (Å²) < 4.78 is 0. The highest BCUT2D eigenvalue weighted by atomic mass is 16.3. The van der Waals surface area contributed by atoms with Crippen molar-refractivity contribution in [2.75, 3.05) is 17.3 Å².